The van der Waals surface area contributed by atoms with Crippen LogP contribution >= 0.6 is 15.9 Å². The van der Waals surface area contributed by atoms with Crippen molar-refractivity contribution in [2.24, 2.45) is 0 Å². The summed E-state index contributed by atoms with van der Waals surface area (Å²) in [5.41, 5.74) is 0.639. The molecule has 1 heterocycles. The lowest BCUT2D eigenvalue weighted by Gasteiger charge is -2.24. The van der Waals surface area contributed by atoms with Crippen molar-refractivity contribution in [3.63, 3.8) is 0 Å². The minimum absolute atomic E-state index is 0.0274. The first-order chi connectivity index (χ1) is 8.16. The fourth-order valence-electron chi connectivity index (χ4n) is 1.86. The minimum Gasteiger partial charge on any atom is -0.489 e. The molecular formula is C13H15BrO3. The Kier molecular flexibility index (Phi) is 4.18. The molecule has 2 rings (SSSR count). The van der Waals surface area contributed by atoms with Crippen molar-refractivity contribution in [3.05, 3.63) is 28.2 Å². The minimum atomic E-state index is 0.0274. The van der Waals surface area contributed by atoms with E-state index in [1.54, 1.807) is 13.0 Å². The molecule has 1 aromatic carbocycles. The summed E-state index contributed by atoms with van der Waals surface area (Å²) >= 11 is 3.39. The van der Waals surface area contributed by atoms with Gasteiger partial charge in [-0.25, -0.2) is 0 Å². The molecule has 0 radical (unpaired) electrons. The summed E-state index contributed by atoms with van der Waals surface area (Å²) in [6, 6.07) is 5.50. The predicted molar refractivity (Wildman–Crippen MR) is 68.6 cm³/mol. The first kappa shape index (κ1) is 12.6. The highest BCUT2D eigenvalue weighted by Gasteiger charge is 2.18. The van der Waals surface area contributed by atoms with Crippen LogP contribution in [0.5, 0.6) is 5.75 Å². The van der Waals surface area contributed by atoms with Crippen LogP contribution in [0.1, 0.15) is 30.1 Å². The SMILES string of the molecule is CC(=O)c1ccc(Br)cc1OC1CCOCC1. The van der Waals surface area contributed by atoms with Gasteiger partial charge in [0.1, 0.15) is 11.9 Å². The molecule has 0 amide bonds. The maximum atomic E-state index is 11.5. The van der Waals surface area contributed by atoms with Crippen molar-refractivity contribution in [2.45, 2.75) is 25.9 Å². The van der Waals surface area contributed by atoms with Crippen molar-refractivity contribution in [2.75, 3.05) is 13.2 Å². The summed E-state index contributed by atoms with van der Waals surface area (Å²) < 4.78 is 12.1. The molecule has 1 aliphatic rings. The average molecular weight is 299 g/mol. The zero-order chi connectivity index (χ0) is 12.3. The number of ether oxygens (including phenoxy) is 2. The van der Waals surface area contributed by atoms with Crippen LogP contribution in [-0.2, 0) is 4.74 Å². The Labute approximate surface area is 109 Å². The molecule has 1 saturated heterocycles. The number of hydrogen-bond donors (Lipinski definition) is 0. The van der Waals surface area contributed by atoms with Gasteiger partial charge < -0.3 is 9.47 Å². The summed E-state index contributed by atoms with van der Waals surface area (Å²) in [5, 5.41) is 0. The van der Waals surface area contributed by atoms with Crippen LogP contribution in [0.15, 0.2) is 22.7 Å². The zero-order valence-electron chi connectivity index (χ0n) is 9.74. The quantitative estimate of drug-likeness (QED) is 0.804. The number of carbonyl (C=O) groups is 1. The summed E-state index contributed by atoms with van der Waals surface area (Å²) in [6.07, 6.45) is 1.91. The van der Waals surface area contributed by atoms with E-state index >= 15 is 0 Å². The Balaban J connectivity index is 2.17. The molecule has 1 aliphatic heterocycles. The molecule has 0 N–H and O–H groups in total. The van der Waals surface area contributed by atoms with Gasteiger partial charge in [0.2, 0.25) is 0 Å². The van der Waals surface area contributed by atoms with Gasteiger partial charge in [-0.15, -0.1) is 0 Å². The first-order valence-electron chi connectivity index (χ1n) is 5.71. The summed E-state index contributed by atoms with van der Waals surface area (Å²) in [4.78, 5) is 11.5. The Morgan fingerprint density at radius 1 is 1.41 bits per heavy atom. The lowest BCUT2D eigenvalue weighted by molar-refractivity contribution is 0.0252. The van der Waals surface area contributed by atoms with Crippen LogP contribution in [-0.4, -0.2) is 25.1 Å². The summed E-state index contributed by atoms with van der Waals surface area (Å²) in [5.74, 6) is 0.693. The third kappa shape index (κ3) is 3.30. The molecular weight excluding hydrogens is 284 g/mol. The van der Waals surface area contributed by atoms with Crippen LogP contribution in [0, 0.1) is 0 Å². The number of benzene rings is 1. The Morgan fingerprint density at radius 2 is 2.12 bits per heavy atom. The van der Waals surface area contributed by atoms with Crippen molar-refractivity contribution in [1.29, 1.82) is 0 Å². The fraction of sp³-hybridized carbons (Fsp3) is 0.462. The highest BCUT2D eigenvalue weighted by Crippen LogP contribution is 2.27. The van der Waals surface area contributed by atoms with E-state index in [0.29, 0.717) is 11.3 Å². The van der Waals surface area contributed by atoms with E-state index in [2.05, 4.69) is 15.9 Å². The normalized spacial score (nSPS) is 16.8. The fourth-order valence-corrected chi connectivity index (χ4v) is 2.20. The van der Waals surface area contributed by atoms with E-state index < -0.39 is 0 Å². The number of halogens is 1. The van der Waals surface area contributed by atoms with E-state index in [9.17, 15) is 4.79 Å². The number of hydrogen-bond acceptors (Lipinski definition) is 3. The van der Waals surface area contributed by atoms with Crippen molar-refractivity contribution in [1.82, 2.24) is 0 Å². The van der Waals surface area contributed by atoms with Crippen LogP contribution in [0.2, 0.25) is 0 Å². The number of Topliss-reactive ketones (excluding diaryl/α,β-unsaturated/α-hetero) is 1. The molecule has 0 bridgehead atoms. The number of ketones is 1. The first-order valence-corrected chi connectivity index (χ1v) is 6.51. The molecule has 0 atom stereocenters. The van der Waals surface area contributed by atoms with Gasteiger partial charge in [0, 0.05) is 17.3 Å². The molecule has 1 fully saturated rings. The van der Waals surface area contributed by atoms with E-state index in [0.717, 1.165) is 30.5 Å². The van der Waals surface area contributed by atoms with Gasteiger partial charge in [-0.05, 0) is 25.1 Å². The number of rotatable bonds is 3. The molecule has 0 spiro atoms. The highest BCUT2D eigenvalue weighted by atomic mass is 79.9. The maximum absolute atomic E-state index is 11.5. The Bertz CT molecular complexity index is 411. The maximum Gasteiger partial charge on any atom is 0.163 e. The van der Waals surface area contributed by atoms with Gasteiger partial charge in [-0.3, -0.25) is 4.79 Å². The predicted octanol–water partition coefficient (Wildman–Crippen LogP) is 3.21. The van der Waals surface area contributed by atoms with E-state index in [4.69, 9.17) is 9.47 Å². The van der Waals surface area contributed by atoms with Crippen LogP contribution < -0.4 is 4.74 Å². The molecule has 0 saturated carbocycles. The molecule has 1 aromatic rings. The second-order valence-electron chi connectivity index (χ2n) is 4.13. The third-order valence-corrected chi connectivity index (χ3v) is 3.28. The zero-order valence-corrected chi connectivity index (χ0v) is 11.3. The lowest BCUT2D eigenvalue weighted by Crippen LogP contribution is -2.26. The Morgan fingerprint density at radius 3 is 2.76 bits per heavy atom. The molecule has 0 unspecified atom stereocenters. The van der Waals surface area contributed by atoms with Gasteiger partial charge >= 0.3 is 0 Å². The van der Waals surface area contributed by atoms with Crippen LogP contribution in [0.4, 0.5) is 0 Å². The van der Waals surface area contributed by atoms with Gasteiger partial charge in [-0.1, -0.05) is 15.9 Å². The molecule has 4 heteroatoms. The monoisotopic (exact) mass is 298 g/mol. The third-order valence-electron chi connectivity index (χ3n) is 2.78. The largest absolute Gasteiger partial charge is 0.489 e. The second kappa shape index (κ2) is 5.65. The average Bonchev–Trinajstić information content (AvgIpc) is 2.30. The lowest BCUT2D eigenvalue weighted by atomic mass is 10.1. The standard InChI is InChI=1S/C13H15BrO3/c1-9(15)12-3-2-10(14)8-13(12)17-11-4-6-16-7-5-11/h2-3,8,11H,4-7H2,1H3. The highest BCUT2D eigenvalue weighted by molar-refractivity contribution is 9.10. The second-order valence-corrected chi connectivity index (χ2v) is 5.04. The van der Waals surface area contributed by atoms with Crippen molar-refractivity contribution >= 4 is 21.7 Å². The summed E-state index contributed by atoms with van der Waals surface area (Å²) in [6.45, 7) is 3.02. The van der Waals surface area contributed by atoms with Crippen LogP contribution in [0.25, 0.3) is 0 Å². The van der Waals surface area contributed by atoms with Gasteiger partial charge in [0.25, 0.3) is 0 Å². The smallest absolute Gasteiger partial charge is 0.163 e. The topological polar surface area (TPSA) is 35.5 Å². The molecule has 17 heavy (non-hydrogen) atoms. The van der Waals surface area contributed by atoms with Gasteiger partial charge in [0.05, 0.1) is 18.8 Å². The van der Waals surface area contributed by atoms with E-state index in [-0.39, 0.29) is 11.9 Å². The van der Waals surface area contributed by atoms with Gasteiger partial charge in [-0.2, -0.15) is 0 Å². The van der Waals surface area contributed by atoms with Crippen LogP contribution in [0.3, 0.4) is 0 Å². The van der Waals surface area contributed by atoms with Crippen molar-refractivity contribution in [3.8, 4) is 5.75 Å². The number of carbonyl (C=O) groups excluding carboxylic acids is 1. The summed E-state index contributed by atoms with van der Waals surface area (Å²) in [7, 11) is 0. The van der Waals surface area contributed by atoms with E-state index in [1.165, 1.54) is 0 Å². The molecule has 0 aliphatic carbocycles. The molecule has 0 aromatic heterocycles. The van der Waals surface area contributed by atoms with E-state index in [1.807, 2.05) is 12.1 Å². The molecule has 3 nitrogen and oxygen atoms in total. The Hall–Kier alpha value is -0.870. The van der Waals surface area contributed by atoms with Gasteiger partial charge in [0.15, 0.2) is 5.78 Å². The van der Waals surface area contributed by atoms with Crippen molar-refractivity contribution < 1.29 is 14.3 Å². The molecule has 92 valence electrons.